The molecule has 0 bridgehead atoms. The average Bonchev–Trinajstić information content (AvgIpc) is 2.10. The highest BCUT2D eigenvalue weighted by Crippen LogP contribution is 1.94. The van der Waals surface area contributed by atoms with Crippen LogP contribution in [0, 0.1) is 0 Å². The number of likely N-dealkylation sites (N-methyl/N-ethyl adjacent to an activating group) is 1. The summed E-state index contributed by atoms with van der Waals surface area (Å²) >= 11 is 0. The Morgan fingerprint density at radius 2 is 2.17 bits per heavy atom. The molecule has 1 amide bonds. The first-order valence-corrected chi connectivity index (χ1v) is 4.36. The van der Waals surface area contributed by atoms with Gasteiger partial charge >= 0.3 is 0 Å². The molecule has 0 heterocycles. The van der Waals surface area contributed by atoms with Crippen LogP contribution in [0.25, 0.3) is 0 Å². The third-order valence-electron chi connectivity index (χ3n) is 1.47. The molecule has 0 saturated carbocycles. The van der Waals surface area contributed by atoms with Gasteiger partial charge in [-0.25, -0.2) is 0 Å². The molecule has 0 unspecified atom stereocenters. The number of carbonyl (C=O) groups is 1. The first-order chi connectivity index (χ1) is 5.81. The minimum Gasteiger partial charge on any atom is -0.356 e. The van der Waals surface area contributed by atoms with Crippen molar-refractivity contribution in [3.8, 4) is 0 Å². The quantitative estimate of drug-likeness (QED) is 0.379. The highest BCUT2D eigenvalue weighted by molar-refractivity contribution is 5.87. The second-order valence-corrected chi connectivity index (χ2v) is 2.54. The first kappa shape index (κ1) is 11.0. The van der Waals surface area contributed by atoms with Crippen molar-refractivity contribution in [2.45, 2.75) is 26.2 Å². The summed E-state index contributed by atoms with van der Waals surface area (Å²) in [5.74, 6) is -0.0601. The number of unbranched alkanes of at least 4 members (excludes halogenated alkanes) is 2. The SMILES string of the molecule is CCCC/C=C/C=C/C(=O)NC. The monoisotopic (exact) mass is 167 g/mol. The van der Waals surface area contributed by atoms with E-state index in [9.17, 15) is 4.79 Å². The highest BCUT2D eigenvalue weighted by atomic mass is 16.1. The van der Waals surface area contributed by atoms with Gasteiger partial charge in [0.2, 0.25) is 5.91 Å². The topological polar surface area (TPSA) is 29.1 Å². The summed E-state index contributed by atoms with van der Waals surface area (Å²) in [5, 5.41) is 2.51. The second-order valence-electron chi connectivity index (χ2n) is 2.54. The van der Waals surface area contributed by atoms with E-state index in [0.717, 1.165) is 6.42 Å². The van der Waals surface area contributed by atoms with Crippen LogP contribution in [0.15, 0.2) is 24.3 Å². The zero-order chi connectivity index (χ0) is 9.23. The Kier molecular flexibility index (Phi) is 7.35. The van der Waals surface area contributed by atoms with E-state index >= 15 is 0 Å². The Labute approximate surface area is 74.4 Å². The smallest absolute Gasteiger partial charge is 0.243 e. The van der Waals surface area contributed by atoms with Crippen LogP contribution in [0.1, 0.15) is 26.2 Å². The van der Waals surface area contributed by atoms with Gasteiger partial charge in [0.1, 0.15) is 0 Å². The maximum absolute atomic E-state index is 10.7. The highest BCUT2D eigenvalue weighted by Gasteiger charge is 1.83. The average molecular weight is 167 g/mol. The molecule has 2 heteroatoms. The molecule has 0 aromatic heterocycles. The molecule has 1 N–H and O–H groups in total. The van der Waals surface area contributed by atoms with E-state index in [1.807, 2.05) is 6.08 Å². The lowest BCUT2D eigenvalue weighted by Gasteiger charge is -1.87. The van der Waals surface area contributed by atoms with Crippen LogP contribution in [-0.2, 0) is 4.79 Å². The fourth-order valence-electron chi connectivity index (χ4n) is 0.723. The summed E-state index contributed by atoms with van der Waals surface area (Å²) in [5.41, 5.74) is 0. The van der Waals surface area contributed by atoms with Gasteiger partial charge in [-0.2, -0.15) is 0 Å². The predicted octanol–water partition coefficient (Wildman–Crippen LogP) is 2.04. The van der Waals surface area contributed by atoms with Gasteiger partial charge in [0, 0.05) is 13.1 Å². The normalized spacial score (nSPS) is 11.2. The Morgan fingerprint density at radius 3 is 2.75 bits per heavy atom. The number of hydrogen-bond donors (Lipinski definition) is 1. The van der Waals surface area contributed by atoms with Crippen molar-refractivity contribution >= 4 is 5.91 Å². The fraction of sp³-hybridized carbons (Fsp3) is 0.500. The van der Waals surface area contributed by atoms with Crippen molar-refractivity contribution in [1.29, 1.82) is 0 Å². The summed E-state index contributed by atoms with van der Waals surface area (Å²) in [7, 11) is 1.62. The van der Waals surface area contributed by atoms with E-state index in [4.69, 9.17) is 0 Å². The van der Waals surface area contributed by atoms with E-state index < -0.39 is 0 Å². The maximum Gasteiger partial charge on any atom is 0.243 e. The van der Waals surface area contributed by atoms with Gasteiger partial charge in [0.05, 0.1) is 0 Å². The number of carbonyl (C=O) groups excluding carboxylic acids is 1. The Morgan fingerprint density at radius 1 is 1.42 bits per heavy atom. The lowest BCUT2D eigenvalue weighted by molar-refractivity contribution is -0.116. The standard InChI is InChI=1S/C10H17NO/c1-3-4-5-6-7-8-9-10(12)11-2/h6-9H,3-5H2,1-2H3,(H,11,12)/b7-6+,9-8+. The molecule has 0 aliphatic heterocycles. The molecule has 68 valence electrons. The lowest BCUT2D eigenvalue weighted by Crippen LogP contribution is -2.13. The van der Waals surface area contributed by atoms with E-state index in [1.165, 1.54) is 18.9 Å². The molecule has 0 rings (SSSR count). The van der Waals surface area contributed by atoms with Gasteiger partial charge in [-0.3, -0.25) is 4.79 Å². The summed E-state index contributed by atoms with van der Waals surface area (Å²) < 4.78 is 0. The Bertz CT molecular complexity index is 171. The third-order valence-corrected chi connectivity index (χ3v) is 1.47. The first-order valence-electron chi connectivity index (χ1n) is 4.36. The predicted molar refractivity (Wildman–Crippen MR) is 51.9 cm³/mol. The molecule has 0 spiro atoms. The minimum atomic E-state index is -0.0601. The van der Waals surface area contributed by atoms with E-state index in [2.05, 4.69) is 18.3 Å². The maximum atomic E-state index is 10.7. The molecule has 12 heavy (non-hydrogen) atoms. The van der Waals surface area contributed by atoms with Crippen LogP contribution in [-0.4, -0.2) is 13.0 Å². The molecular formula is C10H17NO. The van der Waals surface area contributed by atoms with E-state index in [-0.39, 0.29) is 5.91 Å². The fourth-order valence-corrected chi connectivity index (χ4v) is 0.723. The molecule has 2 nitrogen and oxygen atoms in total. The van der Waals surface area contributed by atoms with Gasteiger partial charge in [0.25, 0.3) is 0 Å². The zero-order valence-electron chi connectivity index (χ0n) is 7.84. The molecular weight excluding hydrogens is 150 g/mol. The third kappa shape index (κ3) is 7.06. The van der Waals surface area contributed by atoms with Crippen LogP contribution < -0.4 is 5.32 Å². The molecule has 0 radical (unpaired) electrons. The summed E-state index contributed by atoms with van der Waals surface area (Å²) in [6.45, 7) is 2.16. The van der Waals surface area contributed by atoms with Crippen LogP contribution in [0.4, 0.5) is 0 Å². The molecule has 0 fully saturated rings. The summed E-state index contributed by atoms with van der Waals surface area (Å²) in [4.78, 5) is 10.7. The minimum absolute atomic E-state index is 0.0601. The van der Waals surface area contributed by atoms with Gasteiger partial charge in [-0.15, -0.1) is 0 Å². The zero-order valence-corrected chi connectivity index (χ0v) is 7.84. The lowest BCUT2D eigenvalue weighted by atomic mass is 10.2. The molecule has 0 aromatic rings. The van der Waals surface area contributed by atoms with Gasteiger partial charge < -0.3 is 5.32 Å². The molecule has 0 aliphatic rings. The molecule has 0 atom stereocenters. The van der Waals surface area contributed by atoms with Crippen LogP contribution in [0.5, 0.6) is 0 Å². The van der Waals surface area contributed by atoms with Crippen molar-refractivity contribution in [2.24, 2.45) is 0 Å². The van der Waals surface area contributed by atoms with Gasteiger partial charge in [-0.05, 0) is 6.42 Å². The second kappa shape index (κ2) is 8.05. The van der Waals surface area contributed by atoms with Crippen LogP contribution in [0.3, 0.4) is 0 Å². The van der Waals surface area contributed by atoms with Gasteiger partial charge in [0.15, 0.2) is 0 Å². The van der Waals surface area contributed by atoms with Crippen LogP contribution in [0.2, 0.25) is 0 Å². The number of amides is 1. The molecule has 0 saturated heterocycles. The number of rotatable bonds is 5. The van der Waals surface area contributed by atoms with Gasteiger partial charge in [-0.1, -0.05) is 38.0 Å². The van der Waals surface area contributed by atoms with E-state index in [1.54, 1.807) is 13.1 Å². The largest absolute Gasteiger partial charge is 0.356 e. The molecule has 0 aliphatic carbocycles. The van der Waals surface area contributed by atoms with Crippen LogP contribution >= 0.6 is 0 Å². The van der Waals surface area contributed by atoms with Crippen molar-refractivity contribution in [3.63, 3.8) is 0 Å². The van der Waals surface area contributed by atoms with E-state index in [0.29, 0.717) is 0 Å². The van der Waals surface area contributed by atoms with Crippen molar-refractivity contribution < 1.29 is 4.79 Å². The van der Waals surface area contributed by atoms with Crippen molar-refractivity contribution in [2.75, 3.05) is 7.05 Å². The van der Waals surface area contributed by atoms with Crippen molar-refractivity contribution in [3.05, 3.63) is 24.3 Å². The number of allylic oxidation sites excluding steroid dienone is 3. The summed E-state index contributed by atoms with van der Waals surface area (Å²) in [6, 6.07) is 0. The Hall–Kier alpha value is -1.05. The number of nitrogens with one attached hydrogen (secondary N) is 1. The number of hydrogen-bond acceptors (Lipinski definition) is 1. The van der Waals surface area contributed by atoms with Crippen molar-refractivity contribution in [1.82, 2.24) is 5.32 Å². The molecule has 0 aromatic carbocycles. The summed E-state index contributed by atoms with van der Waals surface area (Å²) in [6.07, 6.45) is 10.8. The Balaban J connectivity index is 3.45.